The molecule has 0 aliphatic heterocycles. The summed E-state index contributed by atoms with van der Waals surface area (Å²) >= 11 is 1.62. The van der Waals surface area contributed by atoms with E-state index in [4.69, 9.17) is 15.3 Å². The molecule has 0 saturated heterocycles. The standard InChI is InChI=1S/C23H30N4OS/c1-16(15-23(2,3)4)11-12-28-20-13-19-21(14-18(20)26-24)29-22(25-19)27(5)17-9-7-6-8-10-17/h6-10,13-14,16,24H,11-12,15H2,1-5H3/p+1. The minimum absolute atomic E-state index is 0.331. The van der Waals surface area contributed by atoms with Crippen LogP contribution in [0.1, 0.15) is 40.5 Å². The molecule has 0 radical (unpaired) electrons. The molecule has 0 spiro atoms. The van der Waals surface area contributed by atoms with Crippen molar-refractivity contribution in [2.75, 3.05) is 18.6 Å². The number of thiazole rings is 1. The van der Waals surface area contributed by atoms with E-state index in [9.17, 15) is 0 Å². The summed E-state index contributed by atoms with van der Waals surface area (Å²) in [5.41, 5.74) is 8.63. The lowest BCUT2D eigenvalue weighted by molar-refractivity contribution is -0.210. The van der Waals surface area contributed by atoms with Gasteiger partial charge >= 0.3 is 0 Å². The van der Waals surface area contributed by atoms with Crippen LogP contribution < -0.4 is 15.2 Å². The van der Waals surface area contributed by atoms with Crippen molar-refractivity contribution in [3.05, 3.63) is 42.5 Å². The summed E-state index contributed by atoms with van der Waals surface area (Å²) in [6.07, 6.45) is 2.17. The SMILES string of the molecule is CC(CCOc1cc2nc(N(C)c3ccccc3)sc2cc1N=[NH2+])CC(C)(C)C. The van der Waals surface area contributed by atoms with Crippen LogP contribution in [0.5, 0.6) is 5.75 Å². The van der Waals surface area contributed by atoms with Gasteiger partial charge in [0.25, 0.3) is 0 Å². The van der Waals surface area contributed by atoms with Gasteiger partial charge in [-0.05, 0) is 47.5 Å². The van der Waals surface area contributed by atoms with Gasteiger partial charge in [0.1, 0.15) is 0 Å². The van der Waals surface area contributed by atoms with E-state index in [1.807, 2.05) is 37.4 Å². The average Bonchev–Trinajstić information content (AvgIpc) is 3.08. The van der Waals surface area contributed by atoms with E-state index >= 15 is 0 Å². The second-order valence-electron chi connectivity index (χ2n) is 8.81. The zero-order chi connectivity index (χ0) is 21.0. The Bertz CT molecular complexity index is 962. The van der Waals surface area contributed by atoms with E-state index in [2.05, 4.69) is 49.8 Å². The van der Waals surface area contributed by atoms with E-state index < -0.39 is 0 Å². The molecule has 1 atom stereocenters. The maximum Gasteiger partial charge on any atom is 0.190 e. The Morgan fingerprint density at radius 1 is 1.21 bits per heavy atom. The van der Waals surface area contributed by atoms with Crippen LogP contribution in [-0.4, -0.2) is 18.6 Å². The number of para-hydroxylation sites is 1. The van der Waals surface area contributed by atoms with Gasteiger partial charge in [-0.15, -0.1) is 0 Å². The summed E-state index contributed by atoms with van der Waals surface area (Å²) in [4.78, 5) is 6.88. The normalized spacial score (nSPS) is 12.7. The Morgan fingerprint density at radius 2 is 1.93 bits per heavy atom. The fourth-order valence-corrected chi connectivity index (χ4v) is 4.53. The molecule has 6 heteroatoms. The number of anilines is 2. The minimum atomic E-state index is 0.331. The molecule has 5 nitrogen and oxygen atoms in total. The van der Waals surface area contributed by atoms with Crippen molar-refractivity contribution in [1.29, 1.82) is 0 Å². The molecule has 154 valence electrons. The molecule has 1 unspecified atom stereocenters. The van der Waals surface area contributed by atoms with Crippen molar-refractivity contribution in [3.63, 3.8) is 0 Å². The molecule has 29 heavy (non-hydrogen) atoms. The third-order valence-electron chi connectivity index (χ3n) is 4.86. The predicted octanol–water partition coefficient (Wildman–Crippen LogP) is 5.75. The molecule has 2 aromatic carbocycles. The highest BCUT2D eigenvalue weighted by Crippen LogP contribution is 2.38. The number of hydrogen-bond donors (Lipinski definition) is 1. The summed E-state index contributed by atoms with van der Waals surface area (Å²) < 4.78 is 7.10. The van der Waals surface area contributed by atoms with E-state index in [0.29, 0.717) is 29.4 Å². The fraction of sp³-hybridized carbons (Fsp3) is 0.435. The lowest BCUT2D eigenvalue weighted by Gasteiger charge is -2.23. The average molecular weight is 412 g/mol. The summed E-state index contributed by atoms with van der Waals surface area (Å²) in [5.74, 6) is 1.30. The molecule has 0 aliphatic carbocycles. The van der Waals surface area contributed by atoms with Gasteiger partial charge in [0.15, 0.2) is 16.6 Å². The number of aromatic nitrogens is 1. The van der Waals surface area contributed by atoms with Crippen LogP contribution in [0.2, 0.25) is 0 Å². The third-order valence-corrected chi connectivity index (χ3v) is 5.95. The Hall–Kier alpha value is -2.47. The number of fused-ring (bicyclic) bond motifs is 1. The van der Waals surface area contributed by atoms with Crippen LogP contribution in [0.15, 0.2) is 47.6 Å². The molecular formula is C23H31N4OS+. The summed E-state index contributed by atoms with van der Waals surface area (Å²) in [6.45, 7) is 9.74. The van der Waals surface area contributed by atoms with Gasteiger partial charge < -0.3 is 9.64 Å². The van der Waals surface area contributed by atoms with Crippen molar-refractivity contribution in [2.24, 2.45) is 16.4 Å². The molecule has 0 fully saturated rings. The number of hydrogen-bond acceptors (Lipinski definition) is 5. The Labute approximate surface area is 177 Å². The Balaban J connectivity index is 1.76. The first-order valence-corrected chi connectivity index (χ1v) is 10.9. The highest BCUT2D eigenvalue weighted by atomic mass is 32.1. The number of nitrogens with zero attached hydrogens (tertiary/aromatic N) is 3. The molecule has 2 N–H and O–H groups in total. The van der Waals surface area contributed by atoms with Crippen LogP contribution in [0.3, 0.4) is 0 Å². The maximum atomic E-state index is 6.05. The first kappa shape index (κ1) is 21.2. The van der Waals surface area contributed by atoms with Crippen LogP contribution in [0, 0.1) is 11.3 Å². The van der Waals surface area contributed by atoms with E-state index in [1.165, 1.54) is 6.42 Å². The number of ether oxygens (including phenoxy) is 1. The van der Waals surface area contributed by atoms with E-state index in [1.54, 1.807) is 11.3 Å². The molecule has 3 rings (SSSR count). The van der Waals surface area contributed by atoms with Crippen molar-refractivity contribution < 1.29 is 10.3 Å². The van der Waals surface area contributed by atoms with Gasteiger partial charge in [0, 0.05) is 18.8 Å². The van der Waals surface area contributed by atoms with Crippen molar-refractivity contribution in [1.82, 2.24) is 4.98 Å². The van der Waals surface area contributed by atoms with Crippen LogP contribution >= 0.6 is 11.3 Å². The summed E-state index contributed by atoms with van der Waals surface area (Å²) in [7, 11) is 2.02. The maximum absolute atomic E-state index is 6.05. The summed E-state index contributed by atoms with van der Waals surface area (Å²) in [6, 6.07) is 14.1. The fourth-order valence-electron chi connectivity index (χ4n) is 3.57. The van der Waals surface area contributed by atoms with Crippen molar-refractivity contribution in [3.8, 4) is 5.75 Å². The largest absolute Gasteiger partial charge is 0.491 e. The lowest BCUT2D eigenvalue weighted by atomic mass is 9.84. The highest BCUT2D eigenvalue weighted by molar-refractivity contribution is 7.22. The molecular weight excluding hydrogens is 380 g/mol. The molecule has 1 aromatic heterocycles. The zero-order valence-corrected chi connectivity index (χ0v) is 18.8. The van der Waals surface area contributed by atoms with E-state index in [0.717, 1.165) is 27.5 Å². The zero-order valence-electron chi connectivity index (χ0n) is 18.0. The van der Waals surface area contributed by atoms with Crippen molar-refractivity contribution >= 4 is 38.1 Å². The molecule has 0 saturated carbocycles. The number of rotatable bonds is 8. The molecule has 1 heterocycles. The molecule has 3 aromatic rings. The summed E-state index contributed by atoms with van der Waals surface area (Å²) in [5, 5.41) is 4.85. The van der Waals surface area contributed by atoms with Gasteiger partial charge in [-0.1, -0.05) is 57.2 Å². The second kappa shape index (κ2) is 8.91. The van der Waals surface area contributed by atoms with Gasteiger partial charge in [0.2, 0.25) is 0 Å². The van der Waals surface area contributed by atoms with E-state index in [-0.39, 0.29) is 0 Å². The monoisotopic (exact) mass is 411 g/mol. The second-order valence-corrected chi connectivity index (χ2v) is 9.82. The molecule has 0 bridgehead atoms. The number of nitrogens with two attached hydrogens (primary N) is 1. The third kappa shape index (κ3) is 5.54. The van der Waals surface area contributed by atoms with Crippen LogP contribution in [0.4, 0.5) is 16.5 Å². The van der Waals surface area contributed by atoms with Gasteiger partial charge in [-0.25, -0.2) is 4.98 Å². The van der Waals surface area contributed by atoms with Gasteiger partial charge in [-0.3, -0.25) is 0 Å². The molecule has 0 aliphatic rings. The predicted molar refractivity (Wildman–Crippen MR) is 121 cm³/mol. The number of benzene rings is 2. The van der Waals surface area contributed by atoms with Gasteiger partial charge in [0.05, 0.1) is 16.8 Å². The highest BCUT2D eigenvalue weighted by Gasteiger charge is 2.17. The smallest absolute Gasteiger partial charge is 0.190 e. The van der Waals surface area contributed by atoms with Crippen molar-refractivity contribution in [2.45, 2.75) is 40.5 Å². The Kier molecular flexibility index (Phi) is 6.52. The first-order chi connectivity index (χ1) is 13.8. The van der Waals surface area contributed by atoms with Gasteiger partial charge in [-0.2, -0.15) is 5.53 Å². The Morgan fingerprint density at radius 3 is 2.59 bits per heavy atom. The quantitative estimate of drug-likeness (QED) is 0.480. The van der Waals surface area contributed by atoms with Crippen LogP contribution in [-0.2, 0) is 0 Å². The first-order valence-electron chi connectivity index (χ1n) is 10.0. The molecule has 0 amide bonds. The topological polar surface area (TPSA) is 63.3 Å². The lowest BCUT2D eigenvalue weighted by Crippen LogP contribution is -2.22. The minimum Gasteiger partial charge on any atom is -0.491 e. The van der Waals surface area contributed by atoms with Crippen LogP contribution in [0.25, 0.3) is 10.2 Å².